The van der Waals surface area contributed by atoms with Crippen molar-refractivity contribution in [3.8, 4) is 11.8 Å². The van der Waals surface area contributed by atoms with Gasteiger partial charge in [-0.25, -0.2) is 24.5 Å². The van der Waals surface area contributed by atoms with E-state index in [-0.39, 0.29) is 30.3 Å². The summed E-state index contributed by atoms with van der Waals surface area (Å²) in [7, 11) is 1.59. The van der Waals surface area contributed by atoms with Crippen LogP contribution in [0.4, 0.5) is 5.95 Å². The number of nitrogens with zero attached hydrogens (tertiary/aromatic N) is 8. The van der Waals surface area contributed by atoms with Gasteiger partial charge < -0.3 is 4.90 Å². The van der Waals surface area contributed by atoms with E-state index in [1.54, 1.807) is 24.6 Å². The van der Waals surface area contributed by atoms with E-state index in [4.69, 9.17) is 4.98 Å². The van der Waals surface area contributed by atoms with Crippen LogP contribution in [0.1, 0.15) is 31.3 Å². The Balaban J connectivity index is 1.67. The number of hydrogen-bond donors (Lipinski definition) is 0. The van der Waals surface area contributed by atoms with Crippen LogP contribution >= 0.6 is 0 Å². The van der Waals surface area contributed by atoms with E-state index in [0.717, 1.165) is 34.0 Å². The van der Waals surface area contributed by atoms with E-state index in [1.165, 1.54) is 4.57 Å². The predicted octanol–water partition coefficient (Wildman–Crippen LogP) is 1.52. The van der Waals surface area contributed by atoms with Crippen molar-refractivity contribution in [2.75, 3.05) is 18.0 Å². The zero-order valence-corrected chi connectivity index (χ0v) is 20.9. The minimum absolute atomic E-state index is 0.0765. The Morgan fingerprint density at radius 3 is 2.73 bits per heavy atom. The molecule has 11 heteroatoms. The molecule has 1 atom stereocenters. The minimum atomic E-state index is -0.508. The smallest absolute Gasteiger partial charge is 0.332 e. The fourth-order valence-corrected chi connectivity index (χ4v) is 4.87. The van der Waals surface area contributed by atoms with Crippen LogP contribution < -0.4 is 16.1 Å². The molecule has 0 N–H and O–H groups in total. The monoisotopic (exact) mass is 498 g/mol. The third-order valence-corrected chi connectivity index (χ3v) is 6.68. The predicted molar refractivity (Wildman–Crippen MR) is 139 cm³/mol. The third kappa shape index (κ3) is 4.32. The second-order valence-corrected chi connectivity index (χ2v) is 9.03. The summed E-state index contributed by atoms with van der Waals surface area (Å²) in [6, 6.07) is 7.41. The molecule has 5 rings (SSSR count). The van der Waals surface area contributed by atoms with Gasteiger partial charge in [-0.2, -0.15) is 4.98 Å². The number of piperidine rings is 1. The number of imidazole rings is 1. The number of rotatable bonds is 5. The molecule has 1 aromatic carbocycles. The standard InChI is InChI=1S/C26H26N8O3/c1-4-5-13-33-22-23(30-25(33)32-12-8-9-18(14-32)27-16-35)31(3)26(37)34(24(22)36)15-21-28-17(2)19-10-6-7-11-20(19)29-21/h6-7,10-11,18H,8-9,12-15H2,1-3H3. The molecule has 4 aromatic rings. The quantitative estimate of drug-likeness (QED) is 0.232. The van der Waals surface area contributed by atoms with Gasteiger partial charge in [-0.1, -0.05) is 24.1 Å². The molecule has 1 fully saturated rings. The van der Waals surface area contributed by atoms with E-state index in [1.807, 2.05) is 36.1 Å². The highest BCUT2D eigenvalue weighted by Gasteiger charge is 2.27. The van der Waals surface area contributed by atoms with Gasteiger partial charge in [-0.3, -0.25) is 18.5 Å². The number of aliphatic imine (C=N–C) groups is 1. The molecule has 0 aliphatic carbocycles. The lowest BCUT2D eigenvalue weighted by atomic mass is 10.1. The van der Waals surface area contributed by atoms with Crippen LogP contribution in [0, 0.1) is 18.8 Å². The summed E-state index contributed by atoms with van der Waals surface area (Å²) in [5, 5.41) is 0.918. The van der Waals surface area contributed by atoms with Crippen LogP contribution in [0.2, 0.25) is 0 Å². The lowest BCUT2D eigenvalue weighted by Gasteiger charge is -2.31. The van der Waals surface area contributed by atoms with Crippen LogP contribution in [-0.4, -0.2) is 53.9 Å². The number of aromatic nitrogens is 6. The Kier molecular flexibility index (Phi) is 6.42. The van der Waals surface area contributed by atoms with Crippen molar-refractivity contribution in [1.29, 1.82) is 0 Å². The summed E-state index contributed by atoms with van der Waals surface area (Å²) in [6.45, 7) is 4.89. The van der Waals surface area contributed by atoms with Gasteiger partial charge in [0.1, 0.15) is 5.82 Å². The summed E-state index contributed by atoms with van der Waals surface area (Å²) < 4.78 is 4.25. The summed E-state index contributed by atoms with van der Waals surface area (Å²) >= 11 is 0. The molecule has 0 amide bonds. The van der Waals surface area contributed by atoms with E-state index in [2.05, 4.69) is 26.8 Å². The Hall–Kier alpha value is -4.55. The molecule has 1 unspecified atom stereocenters. The molecule has 37 heavy (non-hydrogen) atoms. The fraction of sp³-hybridized carbons (Fsp3) is 0.385. The van der Waals surface area contributed by atoms with Crippen molar-refractivity contribution in [2.24, 2.45) is 12.0 Å². The molecule has 0 spiro atoms. The number of aryl methyl sites for hydroxylation is 2. The molecule has 1 aliphatic rings. The minimum Gasteiger partial charge on any atom is -0.340 e. The third-order valence-electron chi connectivity index (χ3n) is 6.68. The number of para-hydroxylation sites is 1. The highest BCUT2D eigenvalue weighted by molar-refractivity contribution is 5.80. The van der Waals surface area contributed by atoms with Crippen molar-refractivity contribution in [3.05, 3.63) is 56.6 Å². The lowest BCUT2D eigenvalue weighted by molar-refractivity contribution is 0.489. The van der Waals surface area contributed by atoms with E-state index in [0.29, 0.717) is 24.9 Å². The van der Waals surface area contributed by atoms with Gasteiger partial charge in [-0.15, -0.1) is 5.92 Å². The largest absolute Gasteiger partial charge is 0.340 e. The average Bonchev–Trinajstić information content (AvgIpc) is 3.29. The van der Waals surface area contributed by atoms with Gasteiger partial charge in [0.2, 0.25) is 12.0 Å². The molecule has 188 valence electrons. The Morgan fingerprint density at radius 1 is 1.14 bits per heavy atom. The van der Waals surface area contributed by atoms with Gasteiger partial charge in [0.05, 0.1) is 24.6 Å². The van der Waals surface area contributed by atoms with E-state index >= 15 is 0 Å². The summed E-state index contributed by atoms with van der Waals surface area (Å²) in [5.74, 6) is 6.78. The molecular formula is C26H26N8O3. The maximum absolute atomic E-state index is 13.8. The molecule has 1 aliphatic heterocycles. The van der Waals surface area contributed by atoms with Crippen LogP contribution in [-0.2, 0) is 24.9 Å². The van der Waals surface area contributed by atoms with Crippen molar-refractivity contribution in [1.82, 2.24) is 28.7 Å². The average molecular weight is 499 g/mol. The second-order valence-electron chi connectivity index (χ2n) is 9.03. The molecule has 1 saturated heterocycles. The van der Waals surface area contributed by atoms with Gasteiger partial charge >= 0.3 is 5.69 Å². The lowest BCUT2D eigenvalue weighted by Crippen LogP contribution is -2.40. The highest BCUT2D eigenvalue weighted by atomic mass is 16.2. The Morgan fingerprint density at radius 2 is 1.95 bits per heavy atom. The first kappa shape index (κ1) is 24.2. The number of anilines is 1. The number of carbonyl (C=O) groups excluding carboxylic acids is 1. The van der Waals surface area contributed by atoms with Crippen molar-refractivity contribution >= 4 is 34.1 Å². The topological polar surface area (TPSA) is 120 Å². The molecule has 3 aromatic heterocycles. The van der Waals surface area contributed by atoms with Gasteiger partial charge in [0.25, 0.3) is 5.56 Å². The zero-order chi connectivity index (χ0) is 26.1. The summed E-state index contributed by atoms with van der Waals surface area (Å²) in [5.41, 5.74) is 1.08. The summed E-state index contributed by atoms with van der Waals surface area (Å²) in [6.07, 6.45) is 3.23. The van der Waals surface area contributed by atoms with E-state index in [9.17, 15) is 14.4 Å². The first-order valence-corrected chi connectivity index (χ1v) is 12.1. The number of benzene rings is 1. The first-order valence-electron chi connectivity index (χ1n) is 12.1. The Bertz CT molecular complexity index is 1750. The van der Waals surface area contributed by atoms with Crippen molar-refractivity contribution in [2.45, 2.75) is 45.8 Å². The maximum Gasteiger partial charge on any atom is 0.332 e. The first-order chi connectivity index (χ1) is 17.9. The molecule has 0 bridgehead atoms. The molecule has 4 heterocycles. The molecular weight excluding hydrogens is 472 g/mol. The summed E-state index contributed by atoms with van der Waals surface area (Å²) in [4.78, 5) is 57.7. The van der Waals surface area contributed by atoms with Crippen LogP contribution in [0.3, 0.4) is 0 Å². The SMILES string of the molecule is CC#CCn1c(N2CCCC(N=C=O)C2)nc2c1c(=O)n(Cc1nc(C)c3ccccc3n1)c(=O)n2C. The normalized spacial score (nSPS) is 15.4. The fourth-order valence-electron chi connectivity index (χ4n) is 4.87. The van der Waals surface area contributed by atoms with Crippen LogP contribution in [0.25, 0.3) is 22.1 Å². The molecule has 0 saturated carbocycles. The van der Waals surface area contributed by atoms with Crippen LogP contribution in [0.5, 0.6) is 0 Å². The van der Waals surface area contributed by atoms with Crippen molar-refractivity contribution < 1.29 is 4.79 Å². The number of isocyanates is 1. The van der Waals surface area contributed by atoms with Crippen molar-refractivity contribution in [3.63, 3.8) is 0 Å². The molecule has 11 nitrogen and oxygen atoms in total. The van der Waals surface area contributed by atoms with E-state index < -0.39 is 11.2 Å². The van der Waals surface area contributed by atoms with Gasteiger partial charge in [-0.05, 0) is 32.8 Å². The Labute approximate surface area is 212 Å². The zero-order valence-electron chi connectivity index (χ0n) is 20.9. The van der Waals surface area contributed by atoms with Gasteiger partial charge in [0, 0.05) is 31.2 Å². The highest BCUT2D eigenvalue weighted by Crippen LogP contribution is 2.24. The second kappa shape index (κ2) is 9.84. The van der Waals surface area contributed by atoms with Gasteiger partial charge in [0.15, 0.2) is 11.2 Å². The number of fused-ring (bicyclic) bond motifs is 2. The maximum atomic E-state index is 13.8. The molecule has 0 radical (unpaired) electrons. The van der Waals surface area contributed by atoms with Crippen LogP contribution in [0.15, 0.2) is 38.8 Å². The number of hydrogen-bond acceptors (Lipinski definition) is 8.